The molecule has 2 aromatic rings. The third kappa shape index (κ3) is 1.61. The molecule has 98 valence electrons. The molecule has 2 heterocycles. The van der Waals surface area contributed by atoms with Crippen LogP contribution in [0.15, 0.2) is 12.1 Å². The van der Waals surface area contributed by atoms with Crippen LogP contribution in [0.2, 0.25) is 0 Å². The molecule has 4 nitrogen and oxygen atoms in total. The number of anilines is 1. The minimum Gasteiger partial charge on any atom is -0.384 e. The zero-order valence-corrected chi connectivity index (χ0v) is 11.6. The van der Waals surface area contributed by atoms with E-state index < -0.39 is 0 Å². The van der Waals surface area contributed by atoms with Crippen LogP contribution in [0.5, 0.6) is 0 Å². The van der Waals surface area contributed by atoms with Crippen LogP contribution < -0.4 is 5.73 Å². The maximum absolute atomic E-state index is 9.42. The fraction of sp³-hybridized carbons (Fsp3) is 0.267. The van der Waals surface area contributed by atoms with Gasteiger partial charge in [0.15, 0.2) is 0 Å². The Morgan fingerprint density at radius 2 is 1.80 bits per heavy atom. The number of hydrogen-bond acceptors (Lipinski definition) is 4. The monoisotopic (exact) mass is 280 g/mol. The Hall–Kier alpha value is -2.37. The van der Waals surface area contributed by atoms with Gasteiger partial charge in [0.2, 0.25) is 0 Å². The summed E-state index contributed by atoms with van der Waals surface area (Å²) in [5.41, 5.74) is 10.1. The molecule has 1 aliphatic rings. The Labute approximate surface area is 121 Å². The van der Waals surface area contributed by atoms with Gasteiger partial charge in [0.25, 0.3) is 0 Å². The van der Waals surface area contributed by atoms with E-state index in [0.717, 1.165) is 42.3 Å². The van der Waals surface area contributed by atoms with Crippen molar-refractivity contribution in [1.82, 2.24) is 4.40 Å². The van der Waals surface area contributed by atoms with Gasteiger partial charge in [0, 0.05) is 0 Å². The molecule has 0 atom stereocenters. The van der Waals surface area contributed by atoms with Crippen LogP contribution in [0.1, 0.15) is 35.1 Å². The topological polar surface area (TPSA) is 78.0 Å². The first-order valence-corrected chi connectivity index (χ1v) is 6.89. The predicted octanol–water partition coefficient (Wildman–Crippen LogP) is 2.87. The third-order valence-electron chi connectivity index (χ3n) is 3.89. The van der Waals surface area contributed by atoms with Gasteiger partial charge in [-0.25, -0.2) is 0 Å². The molecule has 0 amide bonds. The molecule has 20 heavy (non-hydrogen) atoms. The van der Waals surface area contributed by atoms with Crippen molar-refractivity contribution in [2.75, 3.05) is 5.73 Å². The highest BCUT2D eigenvalue weighted by Crippen LogP contribution is 2.31. The van der Waals surface area contributed by atoms with Crippen molar-refractivity contribution in [2.24, 2.45) is 0 Å². The highest BCUT2D eigenvalue weighted by molar-refractivity contribution is 7.71. The lowest BCUT2D eigenvalue weighted by Gasteiger charge is -2.21. The molecule has 0 fully saturated rings. The normalized spacial score (nSPS) is 13.5. The van der Waals surface area contributed by atoms with Crippen molar-refractivity contribution >= 4 is 23.6 Å². The van der Waals surface area contributed by atoms with E-state index in [1.54, 1.807) is 10.5 Å². The molecule has 0 saturated heterocycles. The molecular weight excluding hydrogens is 268 g/mol. The number of pyridine rings is 2. The fourth-order valence-electron chi connectivity index (χ4n) is 2.94. The second-order valence-electron chi connectivity index (χ2n) is 4.92. The lowest BCUT2D eigenvalue weighted by molar-refractivity contribution is 0.683. The number of hydrogen-bond donors (Lipinski definition) is 1. The van der Waals surface area contributed by atoms with Gasteiger partial charge in [0.1, 0.15) is 22.6 Å². The van der Waals surface area contributed by atoms with E-state index in [-0.39, 0.29) is 0 Å². The van der Waals surface area contributed by atoms with Crippen LogP contribution in [0.25, 0.3) is 5.52 Å². The number of rotatable bonds is 0. The highest BCUT2D eigenvalue weighted by Gasteiger charge is 2.20. The van der Waals surface area contributed by atoms with Gasteiger partial charge in [0.05, 0.1) is 16.6 Å². The maximum Gasteiger partial charge on any atom is 0.130 e. The highest BCUT2D eigenvalue weighted by atomic mass is 32.1. The van der Waals surface area contributed by atoms with Crippen molar-refractivity contribution in [1.29, 1.82) is 10.5 Å². The van der Waals surface area contributed by atoms with Crippen LogP contribution in [0.3, 0.4) is 0 Å². The average molecular weight is 280 g/mol. The summed E-state index contributed by atoms with van der Waals surface area (Å²) >= 11 is 5.42. The van der Waals surface area contributed by atoms with Crippen molar-refractivity contribution in [2.45, 2.75) is 25.7 Å². The van der Waals surface area contributed by atoms with Crippen LogP contribution in [-0.2, 0) is 12.8 Å². The molecule has 3 rings (SSSR count). The number of nitrogens with zero attached hydrogens (tertiary/aromatic N) is 3. The quantitative estimate of drug-likeness (QED) is 0.753. The van der Waals surface area contributed by atoms with Gasteiger partial charge in [-0.1, -0.05) is 12.2 Å². The SMILES string of the molecule is N#Cc1ccc2c3c(c(C#N)c(=S)n2c1N)CCCC3. The van der Waals surface area contributed by atoms with Crippen molar-refractivity contribution < 1.29 is 0 Å². The second kappa shape index (κ2) is 4.63. The number of aryl methyl sites for hydroxylation is 1. The van der Waals surface area contributed by atoms with Gasteiger partial charge in [-0.05, 0) is 48.9 Å². The summed E-state index contributed by atoms with van der Waals surface area (Å²) in [6.07, 6.45) is 4.00. The van der Waals surface area contributed by atoms with Crippen LogP contribution in [-0.4, -0.2) is 4.40 Å². The number of nitriles is 2. The predicted molar refractivity (Wildman–Crippen MR) is 78.7 cm³/mol. The van der Waals surface area contributed by atoms with E-state index >= 15 is 0 Å². The van der Waals surface area contributed by atoms with E-state index in [0.29, 0.717) is 21.6 Å². The van der Waals surface area contributed by atoms with Gasteiger partial charge in [-0.15, -0.1) is 0 Å². The summed E-state index contributed by atoms with van der Waals surface area (Å²) in [6.45, 7) is 0. The molecule has 1 aliphatic carbocycles. The van der Waals surface area contributed by atoms with E-state index in [9.17, 15) is 5.26 Å². The van der Waals surface area contributed by atoms with E-state index in [2.05, 4.69) is 12.1 Å². The summed E-state index contributed by atoms with van der Waals surface area (Å²) in [5.74, 6) is 0.319. The molecule has 0 saturated carbocycles. The molecule has 0 radical (unpaired) electrons. The van der Waals surface area contributed by atoms with Crippen molar-refractivity contribution in [3.8, 4) is 12.1 Å². The summed E-state index contributed by atoms with van der Waals surface area (Å²) < 4.78 is 2.09. The molecule has 2 N–H and O–H groups in total. The summed E-state index contributed by atoms with van der Waals surface area (Å²) in [4.78, 5) is 0. The smallest absolute Gasteiger partial charge is 0.130 e. The Bertz CT molecular complexity index is 865. The number of nitrogen functional groups attached to an aromatic ring is 1. The minimum absolute atomic E-state index is 0.319. The number of aromatic nitrogens is 1. The number of fused-ring (bicyclic) bond motifs is 3. The third-order valence-corrected chi connectivity index (χ3v) is 4.28. The summed E-state index contributed by atoms with van der Waals surface area (Å²) in [7, 11) is 0. The molecule has 0 spiro atoms. The van der Waals surface area contributed by atoms with Crippen LogP contribution in [0.4, 0.5) is 5.82 Å². The lowest BCUT2D eigenvalue weighted by Crippen LogP contribution is -2.13. The Balaban J connectivity index is 2.57. The second-order valence-corrected chi connectivity index (χ2v) is 5.31. The van der Waals surface area contributed by atoms with Gasteiger partial charge in [-0.3, -0.25) is 4.40 Å². The summed E-state index contributed by atoms with van der Waals surface area (Å²) in [6, 6.07) is 7.88. The minimum atomic E-state index is 0.319. The van der Waals surface area contributed by atoms with Gasteiger partial charge < -0.3 is 5.73 Å². The number of nitrogens with two attached hydrogens (primary N) is 1. The Morgan fingerprint density at radius 3 is 2.45 bits per heavy atom. The zero-order chi connectivity index (χ0) is 14.3. The molecule has 0 unspecified atom stereocenters. The molecule has 0 bridgehead atoms. The van der Waals surface area contributed by atoms with E-state index in [1.165, 1.54) is 0 Å². The maximum atomic E-state index is 9.42. The van der Waals surface area contributed by atoms with E-state index in [4.69, 9.17) is 23.2 Å². The molecule has 5 heteroatoms. The van der Waals surface area contributed by atoms with Crippen LogP contribution in [0, 0.1) is 27.3 Å². The average Bonchev–Trinajstić information content (AvgIpc) is 2.48. The van der Waals surface area contributed by atoms with Gasteiger partial charge >= 0.3 is 0 Å². The molecule has 2 aromatic heterocycles. The molecular formula is C15H12N4S. The van der Waals surface area contributed by atoms with E-state index in [1.807, 2.05) is 6.07 Å². The lowest BCUT2D eigenvalue weighted by atomic mass is 9.88. The molecule has 0 aliphatic heterocycles. The fourth-order valence-corrected chi connectivity index (χ4v) is 3.31. The Kier molecular flexibility index (Phi) is 2.93. The zero-order valence-electron chi connectivity index (χ0n) is 10.8. The molecule has 0 aromatic carbocycles. The summed E-state index contributed by atoms with van der Waals surface area (Å²) in [5, 5.41) is 18.5. The van der Waals surface area contributed by atoms with Crippen molar-refractivity contribution in [3.63, 3.8) is 0 Å². The first kappa shape index (κ1) is 12.7. The van der Waals surface area contributed by atoms with Crippen molar-refractivity contribution in [3.05, 3.63) is 39.0 Å². The Morgan fingerprint density at radius 1 is 1.10 bits per heavy atom. The first-order valence-electron chi connectivity index (χ1n) is 6.48. The largest absolute Gasteiger partial charge is 0.384 e. The van der Waals surface area contributed by atoms with Crippen LogP contribution >= 0.6 is 12.2 Å². The van der Waals surface area contributed by atoms with Gasteiger partial charge in [-0.2, -0.15) is 10.5 Å². The first-order chi connectivity index (χ1) is 9.69. The standard InChI is InChI=1S/C15H12N4S/c16-7-9-5-6-13-11-4-2-1-3-10(11)12(8-17)15(20)19(13)14(9)18/h5-6H,1-4,18H2.